The summed E-state index contributed by atoms with van der Waals surface area (Å²) in [4.78, 5) is 23.6. The molecule has 0 aromatic heterocycles. The lowest BCUT2D eigenvalue weighted by molar-refractivity contribution is 0.0600. The summed E-state index contributed by atoms with van der Waals surface area (Å²) < 4.78 is 30.4. The van der Waals surface area contributed by atoms with Gasteiger partial charge >= 0.3 is 5.97 Å². The molecule has 0 unspecified atom stereocenters. The lowest BCUT2D eigenvalue weighted by Gasteiger charge is -2.08. The zero-order valence-electron chi connectivity index (χ0n) is 13.8. The minimum Gasteiger partial charge on any atom is -0.465 e. The third-order valence-corrected chi connectivity index (χ3v) is 4.92. The molecular formula is C17H18N2O5S. The zero-order chi connectivity index (χ0) is 18.4. The number of hydrogen-bond donors (Lipinski definition) is 2. The van der Waals surface area contributed by atoms with Gasteiger partial charge in [0.1, 0.15) is 0 Å². The highest BCUT2D eigenvalue weighted by Crippen LogP contribution is 2.11. The molecule has 0 saturated carbocycles. The highest BCUT2D eigenvalue weighted by molar-refractivity contribution is 7.89. The summed E-state index contributed by atoms with van der Waals surface area (Å²) in [5, 5.41) is 2.70. The zero-order valence-corrected chi connectivity index (χ0v) is 14.6. The van der Waals surface area contributed by atoms with Gasteiger partial charge in [0.15, 0.2) is 0 Å². The first-order valence-electron chi connectivity index (χ1n) is 7.36. The van der Waals surface area contributed by atoms with Crippen LogP contribution in [0, 0.1) is 0 Å². The second kappa shape index (κ2) is 7.91. The fourth-order valence-electron chi connectivity index (χ4n) is 2.08. The number of amides is 1. The summed E-state index contributed by atoms with van der Waals surface area (Å²) in [6, 6.07) is 12.4. The van der Waals surface area contributed by atoms with Crippen LogP contribution in [0.25, 0.3) is 0 Å². The van der Waals surface area contributed by atoms with Gasteiger partial charge in [-0.15, -0.1) is 0 Å². The topological polar surface area (TPSA) is 102 Å². The van der Waals surface area contributed by atoms with Gasteiger partial charge in [-0.1, -0.05) is 18.2 Å². The normalized spacial score (nSPS) is 11.0. The van der Waals surface area contributed by atoms with Crippen molar-refractivity contribution < 1.29 is 22.7 Å². The molecule has 1 amide bonds. The molecule has 0 aliphatic carbocycles. The van der Waals surface area contributed by atoms with E-state index in [0.717, 1.165) is 5.56 Å². The monoisotopic (exact) mass is 362 g/mol. The second-order valence-corrected chi connectivity index (χ2v) is 6.99. The Morgan fingerprint density at radius 3 is 2.32 bits per heavy atom. The summed E-state index contributed by atoms with van der Waals surface area (Å²) in [6.45, 7) is 0.239. The minimum atomic E-state index is -3.61. The maximum atomic E-state index is 12.2. The standard InChI is InChI=1S/C17H18N2O5S/c1-18-25(22,23)15-5-3-4-14(10-15)16(20)19-11-12-6-8-13(9-7-12)17(21)24-2/h3-10,18H,11H2,1-2H3,(H,19,20). The van der Waals surface area contributed by atoms with Gasteiger partial charge in [-0.05, 0) is 42.9 Å². The Kier molecular flexibility index (Phi) is 5.89. The van der Waals surface area contributed by atoms with Gasteiger partial charge in [-0.3, -0.25) is 4.79 Å². The third-order valence-electron chi connectivity index (χ3n) is 3.50. The van der Waals surface area contributed by atoms with Crippen LogP contribution in [0.3, 0.4) is 0 Å². The van der Waals surface area contributed by atoms with E-state index in [1.165, 1.54) is 38.4 Å². The van der Waals surface area contributed by atoms with Crippen LogP contribution in [-0.2, 0) is 21.3 Å². The van der Waals surface area contributed by atoms with E-state index in [2.05, 4.69) is 14.8 Å². The molecule has 7 nitrogen and oxygen atoms in total. The molecule has 2 rings (SSSR count). The van der Waals surface area contributed by atoms with E-state index in [1.807, 2.05) is 0 Å². The van der Waals surface area contributed by atoms with E-state index < -0.39 is 21.9 Å². The van der Waals surface area contributed by atoms with Crippen molar-refractivity contribution in [2.75, 3.05) is 14.2 Å². The molecule has 0 saturated heterocycles. The second-order valence-electron chi connectivity index (χ2n) is 5.11. The van der Waals surface area contributed by atoms with Crippen LogP contribution in [0.15, 0.2) is 53.4 Å². The molecule has 2 aromatic carbocycles. The number of esters is 1. The van der Waals surface area contributed by atoms with Crippen molar-refractivity contribution in [3.63, 3.8) is 0 Å². The molecule has 2 N–H and O–H groups in total. The highest BCUT2D eigenvalue weighted by atomic mass is 32.2. The van der Waals surface area contributed by atoms with Crippen molar-refractivity contribution in [1.29, 1.82) is 0 Å². The number of nitrogens with one attached hydrogen (secondary N) is 2. The molecule has 25 heavy (non-hydrogen) atoms. The molecule has 0 atom stereocenters. The molecule has 8 heteroatoms. The molecule has 132 valence electrons. The van der Waals surface area contributed by atoms with Crippen molar-refractivity contribution in [2.45, 2.75) is 11.4 Å². The summed E-state index contributed by atoms with van der Waals surface area (Å²) in [6.07, 6.45) is 0. The van der Waals surface area contributed by atoms with E-state index in [-0.39, 0.29) is 17.0 Å². The maximum Gasteiger partial charge on any atom is 0.337 e. The molecule has 0 fully saturated rings. The van der Waals surface area contributed by atoms with Crippen LogP contribution in [0.2, 0.25) is 0 Å². The van der Waals surface area contributed by atoms with Crippen molar-refractivity contribution in [3.8, 4) is 0 Å². The van der Waals surface area contributed by atoms with Crippen LogP contribution in [0.4, 0.5) is 0 Å². The number of sulfonamides is 1. The minimum absolute atomic E-state index is 0.0186. The Morgan fingerprint density at radius 1 is 1.04 bits per heavy atom. The van der Waals surface area contributed by atoms with Gasteiger partial charge in [-0.25, -0.2) is 17.9 Å². The quantitative estimate of drug-likeness (QED) is 0.755. The molecule has 0 spiro atoms. The average Bonchev–Trinajstić information content (AvgIpc) is 2.66. The predicted octanol–water partition coefficient (Wildman–Crippen LogP) is 1.31. The van der Waals surface area contributed by atoms with Gasteiger partial charge < -0.3 is 10.1 Å². The number of methoxy groups -OCH3 is 1. The number of carbonyl (C=O) groups is 2. The number of ether oxygens (including phenoxy) is 1. The lowest BCUT2D eigenvalue weighted by atomic mass is 10.1. The number of carbonyl (C=O) groups excluding carboxylic acids is 2. The van der Waals surface area contributed by atoms with Crippen molar-refractivity contribution in [1.82, 2.24) is 10.0 Å². The number of hydrogen-bond acceptors (Lipinski definition) is 5. The Hall–Kier alpha value is -2.71. The van der Waals surface area contributed by atoms with Crippen LogP contribution >= 0.6 is 0 Å². The molecule has 0 radical (unpaired) electrons. The maximum absolute atomic E-state index is 12.2. The van der Waals surface area contributed by atoms with E-state index in [4.69, 9.17) is 0 Å². The summed E-state index contributed by atoms with van der Waals surface area (Å²) in [5.41, 5.74) is 1.45. The van der Waals surface area contributed by atoms with Gasteiger partial charge in [0.2, 0.25) is 10.0 Å². The first-order chi connectivity index (χ1) is 11.9. The SMILES string of the molecule is CNS(=O)(=O)c1cccc(C(=O)NCc2ccc(C(=O)OC)cc2)c1. The van der Waals surface area contributed by atoms with Crippen molar-refractivity contribution >= 4 is 21.9 Å². The third kappa shape index (κ3) is 4.65. The Bertz CT molecular complexity index is 876. The number of rotatable bonds is 6. The summed E-state index contributed by atoms with van der Waals surface area (Å²) in [5.74, 6) is -0.830. The van der Waals surface area contributed by atoms with E-state index in [9.17, 15) is 18.0 Å². The smallest absolute Gasteiger partial charge is 0.337 e. The predicted molar refractivity (Wildman–Crippen MR) is 91.6 cm³/mol. The van der Waals surface area contributed by atoms with E-state index in [0.29, 0.717) is 5.56 Å². The number of benzene rings is 2. The fourth-order valence-corrected chi connectivity index (χ4v) is 2.86. The fraction of sp³-hybridized carbons (Fsp3) is 0.176. The lowest BCUT2D eigenvalue weighted by Crippen LogP contribution is -2.24. The van der Waals surface area contributed by atoms with Gasteiger partial charge in [0.05, 0.1) is 17.6 Å². The molecule has 0 heterocycles. The van der Waals surface area contributed by atoms with E-state index >= 15 is 0 Å². The Labute approximate surface area is 146 Å². The van der Waals surface area contributed by atoms with Gasteiger partial charge in [0, 0.05) is 12.1 Å². The average molecular weight is 362 g/mol. The molecule has 0 aliphatic rings. The highest BCUT2D eigenvalue weighted by Gasteiger charge is 2.14. The Balaban J connectivity index is 2.05. The largest absolute Gasteiger partial charge is 0.465 e. The van der Waals surface area contributed by atoms with Gasteiger partial charge in [0.25, 0.3) is 5.91 Å². The van der Waals surface area contributed by atoms with E-state index in [1.54, 1.807) is 24.3 Å². The van der Waals surface area contributed by atoms with Crippen molar-refractivity contribution in [3.05, 3.63) is 65.2 Å². The van der Waals surface area contributed by atoms with Crippen LogP contribution < -0.4 is 10.0 Å². The first-order valence-corrected chi connectivity index (χ1v) is 8.85. The Morgan fingerprint density at radius 2 is 1.72 bits per heavy atom. The summed E-state index contributed by atoms with van der Waals surface area (Å²) >= 11 is 0. The molecule has 0 aliphatic heterocycles. The molecule has 0 bridgehead atoms. The first kappa shape index (κ1) is 18.6. The molecular weight excluding hydrogens is 344 g/mol. The molecule has 2 aromatic rings. The van der Waals surface area contributed by atoms with Crippen molar-refractivity contribution in [2.24, 2.45) is 0 Å². The van der Waals surface area contributed by atoms with Crippen LogP contribution in [-0.4, -0.2) is 34.5 Å². The van der Waals surface area contributed by atoms with Crippen LogP contribution in [0.1, 0.15) is 26.3 Å². The van der Waals surface area contributed by atoms with Gasteiger partial charge in [-0.2, -0.15) is 0 Å². The summed E-state index contributed by atoms with van der Waals surface area (Å²) in [7, 11) is -1.00. The van der Waals surface area contributed by atoms with Crippen LogP contribution in [0.5, 0.6) is 0 Å².